The van der Waals surface area contributed by atoms with E-state index in [1.54, 1.807) is 0 Å². The number of nitrogens with two attached hydrogens (primary N) is 1. The number of terminal acetylenes is 1. The predicted molar refractivity (Wildman–Crippen MR) is 43.9 cm³/mol. The highest BCUT2D eigenvalue weighted by Crippen LogP contribution is 1.76. The van der Waals surface area contributed by atoms with Gasteiger partial charge in [0.25, 0.3) is 0 Å². The Kier molecular flexibility index (Phi) is 4.95. The maximum atomic E-state index is 10.2. The summed E-state index contributed by atoms with van der Waals surface area (Å²) in [6.07, 6.45) is 5.06. The number of nitrogens with zero attached hydrogens (tertiary/aromatic N) is 1. The molecule has 0 aromatic rings. The second kappa shape index (κ2) is 5.57. The van der Waals surface area contributed by atoms with E-state index in [2.05, 4.69) is 11.2 Å². The highest BCUT2D eigenvalue weighted by Gasteiger charge is 1.95. The molecular weight excluding hydrogens is 142 g/mol. The van der Waals surface area contributed by atoms with Gasteiger partial charge in [0, 0.05) is 13.1 Å². The van der Waals surface area contributed by atoms with E-state index in [1.165, 1.54) is 0 Å². The molecule has 0 radical (unpaired) electrons. The zero-order valence-corrected chi connectivity index (χ0v) is 6.63. The fourth-order valence-electron chi connectivity index (χ4n) is 0.605. The normalized spacial score (nSPS) is 9.18. The molecule has 0 aromatic heterocycles. The summed E-state index contributed by atoms with van der Waals surface area (Å²) in [5, 5.41) is 2.46. The van der Waals surface area contributed by atoms with E-state index in [0.29, 0.717) is 19.6 Å². The zero-order valence-electron chi connectivity index (χ0n) is 6.63. The molecule has 62 valence electrons. The number of primary amides is 1. The smallest absolute Gasteiger partial charge is 0.312 e. The number of rotatable bonds is 4. The van der Waals surface area contributed by atoms with Gasteiger partial charge in [0.05, 0.1) is 6.54 Å². The third-order valence-corrected chi connectivity index (χ3v) is 1.15. The van der Waals surface area contributed by atoms with E-state index in [4.69, 9.17) is 12.2 Å². The number of urea groups is 1. The standard InChI is InChI=1S/C7H13N3O/c1-3-5-10(2)6-4-9-7(8)11/h1H,4-6H2,2H3,(H3,8,9,11). The molecular formula is C7H13N3O. The molecule has 4 nitrogen and oxygen atoms in total. The molecule has 2 amide bonds. The molecule has 0 fully saturated rings. The van der Waals surface area contributed by atoms with Gasteiger partial charge >= 0.3 is 6.03 Å². The minimum atomic E-state index is -0.501. The van der Waals surface area contributed by atoms with Crippen molar-refractivity contribution < 1.29 is 4.79 Å². The molecule has 0 spiro atoms. The number of carbonyl (C=O) groups excluding carboxylic acids is 1. The molecule has 4 heteroatoms. The van der Waals surface area contributed by atoms with Gasteiger partial charge in [-0.1, -0.05) is 5.92 Å². The van der Waals surface area contributed by atoms with Crippen LogP contribution in [0.1, 0.15) is 0 Å². The van der Waals surface area contributed by atoms with Crippen LogP contribution in [-0.4, -0.2) is 37.6 Å². The minimum absolute atomic E-state index is 0.501. The number of hydrogen-bond donors (Lipinski definition) is 2. The molecule has 0 saturated heterocycles. The summed E-state index contributed by atoms with van der Waals surface area (Å²) in [6.45, 7) is 1.83. The number of nitrogens with one attached hydrogen (secondary N) is 1. The van der Waals surface area contributed by atoms with Gasteiger partial charge in [-0.25, -0.2) is 4.79 Å². The number of hydrogen-bond acceptors (Lipinski definition) is 2. The van der Waals surface area contributed by atoms with Crippen molar-refractivity contribution >= 4 is 6.03 Å². The Morgan fingerprint density at radius 3 is 2.91 bits per heavy atom. The third kappa shape index (κ3) is 6.68. The molecule has 0 aliphatic carbocycles. The van der Waals surface area contributed by atoms with Crippen molar-refractivity contribution in [3.05, 3.63) is 0 Å². The van der Waals surface area contributed by atoms with Gasteiger partial charge in [0.2, 0.25) is 0 Å². The van der Waals surface area contributed by atoms with Crippen molar-refractivity contribution in [1.82, 2.24) is 10.2 Å². The van der Waals surface area contributed by atoms with Crippen molar-refractivity contribution in [3.8, 4) is 12.3 Å². The van der Waals surface area contributed by atoms with Crippen LogP contribution in [0.3, 0.4) is 0 Å². The van der Waals surface area contributed by atoms with Gasteiger partial charge in [-0.3, -0.25) is 4.90 Å². The highest BCUT2D eigenvalue weighted by atomic mass is 16.2. The van der Waals surface area contributed by atoms with Crippen LogP contribution in [0.4, 0.5) is 4.79 Å². The Labute approximate surface area is 66.7 Å². The first-order valence-electron chi connectivity index (χ1n) is 3.32. The molecule has 0 saturated carbocycles. The lowest BCUT2D eigenvalue weighted by Crippen LogP contribution is -2.36. The maximum Gasteiger partial charge on any atom is 0.312 e. The minimum Gasteiger partial charge on any atom is -0.352 e. The van der Waals surface area contributed by atoms with Crippen LogP contribution in [0.2, 0.25) is 0 Å². The van der Waals surface area contributed by atoms with Gasteiger partial charge in [-0.2, -0.15) is 0 Å². The lowest BCUT2D eigenvalue weighted by atomic mass is 10.5. The Bertz CT molecular complexity index is 162. The molecule has 11 heavy (non-hydrogen) atoms. The number of amides is 2. The summed E-state index contributed by atoms with van der Waals surface area (Å²) in [7, 11) is 1.88. The summed E-state index contributed by atoms with van der Waals surface area (Å²) < 4.78 is 0. The van der Waals surface area contributed by atoms with E-state index in [9.17, 15) is 4.79 Å². The number of likely N-dealkylation sites (N-methyl/N-ethyl adjacent to an activating group) is 1. The van der Waals surface area contributed by atoms with Crippen molar-refractivity contribution in [2.45, 2.75) is 0 Å². The summed E-state index contributed by atoms with van der Waals surface area (Å²) in [5.74, 6) is 2.49. The second-order valence-corrected chi connectivity index (χ2v) is 2.23. The largest absolute Gasteiger partial charge is 0.352 e. The topological polar surface area (TPSA) is 58.4 Å². The molecule has 3 N–H and O–H groups in total. The lowest BCUT2D eigenvalue weighted by Gasteiger charge is -2.12. The lowest BCUT2D eigenvalue weighted by molar-refractivity contribution is 0.247. The van der Waals surface area contributed by atoms with Crippen molar-refractivity contribution in [1.29, 1.82) is 0 Å². The molecule has 0 atom stereocenters. The van der Waals surface area contributed by atoms with Gasteiger partial charge in [0.1, 0.15) is 0 Å². The molecule has 0 heterocycles. The average Bonchev–Trinajstić information content (AvgIpc) is 1.87. The van der Waals surface area contributed by atoms with Crippen LogP contribution in [-0.2, 0) is 0 Å². The Hall–Kier alpha value is -1.21. The van der Waals surface area contributed by atoms with Crippen molar-refractivity contribution in [3.63, 3.8) is 0 Å². The van der Waals surface area contributed by atoms with Crippen molar-refractivity contribution in [2.24, 2.45) is 5.73 Å². The fraction of sp³-hybridized carbons (Fsp3) is 0.571. The fourth-order valence-corrected chi connectivity index (χ4v) is 0.605. The predicted octanol–water partition coefficient (Wildman–Crippen LogP) is -0.780. The summed E-state index contributed by atoms with van der Waals surface area (Å²) in [4.78, 5) is 12.1. The third-order valence-electron chi connectivity index (χ3n) is 1.15. The van der Waals surface area contributed by atoms with Crippen LogP contribution < -0.4 is 11.1 Å². The average molecular weight is 155 g/mol. The van der Waals surface area contributed by atoms with Gasteiger partial charge < -0.3 is 11.1 Å². The van der Waals surface area contributed by atoms with E-state index < -0.39 is 6.03 Å². The van der Waals surface area contributed by atoms with Crippen molar-refractivity contribution in [2.75, 3.05) is 26.7 Å². The summed E-state index contributed by atoms with van der Waals surface area (Å²) in [6, 6.07) is -0.501. The molecule has 0 aliphatic heterocycles. The van der Waals surface area contributed by atoms with E-state index in [-0.39, 0.29) is 0 Å². The number of carbonyl (C=O) groups is 1. The monoisotopic (exact) mass is 155 g/mol. The van der Waals surface area contributed by atoms with Gasteiger partial charge in [-0.15, -0.1) is 6.42 Å². The quantitative estimate of drug-likeness (QED) is 0.523. The summed E-state index contributed by atoms with van der Waals surface area (Å²) >= 11 is 0. The molecule has 0 rings (SSSR count). The first kappa shape index (κ1) is 9.79. The molecule has 0 aromatic carbocycles. The van der Waals surface area contributed by atoms with Gasteiger partial charge in [0.15, 0.2) is 0 Å². The highest BCUT2D eigenvalue weighted by molar-refractivity contribution is 5.71. The van der Waals surface area contributed by atoms with Crippen LogP contribution >= 0.6 is 0 Å². The maximum absolute atomic E-state index is 10.2. The first-order valence-corrected chi connectivity index (χ1v) is 3.32. The molecule has 0 bridgehead atoms. The van der Waals surface area contributed by atoms with E-state index in [1.807, 2.05) is 11.9 Å². The Morgan fingerprint density at radius 1 is 1.82 bits per heavy atom. The Morgan fingerprint density at radius 2 is 2.45 bits per heavy atom. The van der Waals surface area contributed by atoms with Crippen LogP contribution in [0, 0.1) is 12.3 Å². The van der Waals surface area contributed by atoms with Crippen LogP contribution in [0.15, 0.2) is 0 Å². The van der Waals surface area contributed by atoms with E-state index >= 15 is 0 Å². The van der Waals surface area contributed by atoms with E-state index in [0.717, 1.165) is 0 Å². The van der Waals surface area contributed by atoms with Crippen LogP contribution in [0.5, 0.6) is 0 Å². The SMILES string of the molecule is C#CCN(C)CCNC(N)=O. The van der Waals surface area contributed by atoms with Crippen LogP contribution in [0.25, 0.3) is 0 Å². The summed E-state index contributed by atoms with van der Waals surface area (Å²) in [5.41, 5.74) is 4.84. The molecule has 0 unspecified atom stereocenters. The van der Waals surface area contributed by atoms with Gasteiger partial charge in [-0.05, 0) is 7.05 Å². The molecule has 0 aliphatic rings. The zero-order chi connectivity index (χ0) is 8.69. The second-order valence-electron chi connectivity index (χ2n) is 2.23. The Balaban J connectivity index is 3.25. The first-order chi connectivity index (χ1) is 5.16.